The summed E-state index contributed by atoms with van der Waals surface area (Å²) in [6.07, 6.45) is 1.68. The zero-order valence-electron chi connectivity index (χ0n) is 12.9. The van der Waals surface area contributed by atoms with Crippen LogP contribution >= 0.6 is 0 Å². The summed E-state index contributed by atoms with van der Waals surface area (Å²) in [6.45, 7) is 5.91. The number of amides is 1. The molecular weight excluding hydrogens is 286 g/mol. The molecule has 22 heavy (non-hydrogen) atoms. The van der Waals surface area contributed by atoms with Gasteiger partial charge in [0.1, 0.15) is 11.5 Å². The van der Waals surface area contributed by atoms with E-state index in [0.29, 0.717) is 38.7 Å². The maximum Gasteiger partial charge on any atom is 0.258 e. The van der Waals surface area contributed by atoms with Crippen LogP contribution in [0.5, 0.6) is 11.5 Å². The van der Waals surface area contributed by atoms with Gasteiger partial charge in [-0.1, -0.05) is 6.08 Å². The maximum absolute atomic E-state index is 11.6. The first kappa shape index (κ1) is 18.0. The van der Waals surface area contributed by atoms with Crippen LogP contribution in [0.2, 0.25) is 0 Å². The van der Waals surface area contributed by atoms with Crippen LogP contribution in [0.15, 0.2) is 36.9 Å². The molecule has 0 atom stereocenters. The Kier molecular flexibility index (Phi) is 9.48. The molecule has 0 fully saturated rings. The second-order valence-electron chi connectivity index (χ2n) is 4.29. The van der Waals surface area contributed by atoms with E-state index in [9.17, 15) is 4.79 Å². The van der Waals surface area contributed by atoms with E-state index in [4.69, 9.17) is 18.9 Å². The van der Waals surface area contributed by atoms with Crippen molar-refractivity contribution in [2.75, 3.05) is 46.7 Å². The number of rotatable bonds is 12. The largest absolute Gasteiger partial charge is 0.497 e. The lowest BCUT2D eigenvalue weighted by atomic mass is 10.3. The number of benzene rings is 1. The number of ether oxygens (including phenoxy) is 4. The molecule has 0 unspecified atom stereocenters. The molecule has 0 aliphatic carbocycles. The number of nitrogens with one attached hydrogen (secondary N) is 1. The molecule has 0 aromatic heterocycles. The quantitative estimate of drug-likeness (QED) is 0.467. The van der Waals surface area contributed by atoms with Crippen molar-refractivity contribution in [3.63, 3.8) is 0 Å². The average molecular weight is 309 g/mol. The summed E-state index contributed by atoms with van der Waals surface area (Å²) in [6, 6.07) is 7.04. The van der Waals surface area contributed by atoms with E-state index in [1.54, 1.807) is 37.5 Å². The minimum atomic E-state index is -0.192. The third-order valence-electron chi connectivity index (χ3n) is 2.61. The Morgan fingerprint density at radius 1 is 1.14 bits per heavy atom. The lowest BCUT2D eigenvalue weighted by Gasteiger charge is -2.08. The molecule has 0 bridgehead atoms. The molecule has 0 heterocycles. The van der Waals surface area contributed by atoms with Crippen LogP contribution in [-0.4, -0.2) is 52.6 Å². The molecule has 0 radical (unpaired) electrons. The van der Waals surface area contributed by atoms with Crippen LogP contribution in [0.25, 0.3) is 0 Å². The molecule has 0 aliphatic rings. The highest BCUT2D eigenvalue weighted by Crippen LogP contribution is 2.16. The molecule has 0 saturated heterocycles. The van der Waals surface area contributed by atoms with E-state index >= 15 is 0 Å². The van der Waals surface area contributed by atoms with E-state index in [-0.39, 0.29) is 12.5 Å². The normalized spacial score (nSPS) is 10.0. The molecule has 1 rings (SSSR count). The third kappa shape index (κ3) is 8.28. The van der Waals surface area contributed by atoms with Gasteiger partial charge in [-0.15, -0.1) is 6.58 Å². The Hall–Kier alpha value is -2.05. The van der Waals surface area contributed by atoms with Crippen molar-refractivity contribution in [1.29, 1.82) is 0 Å². The van der Waals surface area contributed by atoms with Gasteiger partial charge in [0.15, 0.2) is 6.61 Å². The third-order valence-corrected chi connectivity index (χ3v) is 2.61. The molecule has 0 saturated carbocycles. The molecule has 122 valence electrons. The first-order valence-corrected chi connectivity index (χ1v) is 7.06. The first-order chi connectivity index (χ1) is 10.8. The summed E-state index contributed by atoms with van der Waals surface area (Å²) in [5.41, 5.74) is 0. The summed E-state index contributed by atoms with van der Waals surface area (Å²) in [5.74, 6) is 1.17. The number of methoxy groups -OCH3 is 1. The van der Waals surface area contributed by atoms with Gasteiger partial charge in [0, 0.05) is 6.54 Å². The van der Waals surface area contributed by atoms with Crippen molar-refractivity contribution >= 4 is 5.91 Å². The summed E-state index contributed by atoms with van der Waals surface area (Å²) in [7, 11) is 1.59. The average Bonchev–Trinajstić information content (AvgIpc) is 2.56. The fourth-order valence-corrected chi connectivity index (χ4v) is 1.52. The van der Waals surface area contributed by atoms with E-state index in [0.717, 1.165) is 5.75 Å². The zero-order valence-corrected chi connectivity index (χ0v) is 12.9. The van der Waals surface area contributed by atoms with E-state index in [1.807, 2.05) is 0 Å². The summed E-state index contributed by atoms with van der Waals surface area (Å²) < 4.78 is 20.8. The van der Waals surface area contributed by atoms with Crippen LogP contribution in [0.1, 0.15) is 0 Å². The predicted molar refractivity (Wildman–Crippen MR) is 83.3 cm³/mol. The van der Waals surface area contributed by atoms with E-state index in [1.165, 1.54) is 0 Å². The Morgan fingerprint density at radius 2 is 1.82 bits per heavy atom. The van der Waals surface area contributed by atoms with Gasteiger partial charge in [-0.3, -0.25) is 4.79 Å². The highest BCUT2D eigenvalue weighted by molar-refractivity contribution is 5.77. The van der Waals surface area contributed by atoms with Crippen molar-refractivity contribution in [1.82, 2.24) is 5.32 Å². The van der Waals surface area contributed by atoms with Crippen LogP contribution in [0.4, 0.5) is 0 Å². The highest BCUT2D eigenvalue weighted by Gasteiger charge is 2.02. The number of carbonyl (C=O) groups excluding carboxylic acids is 1. The van der Waals surface area contributed by atoms with Gasteiger partial charge in [-0.05, 0) is 24.3 Å². The van der Waals surface area contributed by atoms with Crippen molar-refractivity contribution in [2.45, 2.75) is 0 Å². The van der Waals surface area contributed by atoms with Gasteiger partial charge in [-0.2, -0.15) is 0 Å². The molecule has 0 aliphatic heterocycles. The SMILES string of the molecule is C=CCOCCOCCNC(=O)COc1ccc(OC)cc1. The van der Waals surface area contributed by atoms with Crippen LogP contribution in [-0.2, 0) is 14.3 Å². The van der Waals surface area contributed by atoms with E-state index in [2.05, 4.69) is 11.9 Å². The molecule has 0 spiro atoms. The Bertz CT molecular complexity index is 433. The van der Waals surface area contributed by atoms with Crippen molar-refractivity contribution in [3.8, 4) is 11.5 Å². The van der Waals surface area contributed by atoms with Crippen molar-refractivity contribution in [3.05, 3.63) is 36.9 Å². The molecule has 1 amide bonds. The predicted octanol–water partition coefficient (Wildman–Crippen LogP) is 1.41. The first-order valence-electron chi connectivity index (χ1n) is 7.06. The van der Waals surface area contributed by atoms with Gasteiger partial charge in [0.05, 0.1) is 33.5 Å². The number of hydrogen-bond acceptors (Lipinski definition) is 5. The van der Waals surface area contributed by atoms with Crippen LogP contribution in [0.3, 0.4) is 0 Å². The monoisotopic (exact) mass is 309 g/mol. The lowest BCUT2D eigenvalue weighted by molar-refractivity contribution is -0.123. The highest BCUT2D eigenvalue weighted by atomic mass is 16.5. The number of hydrogen-bond donors (Lipinski definition) is 1. The second kappa shape index (κ2) is 11.6. The fraction of sp³-hybridized carbons (Fsp3) is 0.438. The Labute approximate surface area is 131 Å². The molecular formula is C16H23NO5. The summed E-state index contributed by atoms with van der Waals surface area (Å²) in [4.78, 5) is 11.6. The zero-order chi connectivity index (χ0) is 16.0. The fourth-order valence-electron chi connectivity index (χ4n) is 1.52. The molecule has 1 N–H and O–H groups in total. The van der Waals surface area contributed by atoms with E-state index < -0.39 is 0 Å². The topological polar surface area (TPSA) is 66.0 Å². The van der Waals surface area contributed by atoms with Gasteiger partial charge in [0.2, 0.25) is 0 Å². The van der Waals surface area contributed by atoms with Gasteiger partial charge in [0.25, 0.3) is 5.91 Å². The van der Waals surface area contributed by atoms with Gasteiger partial charge >= 0.3 is 0 Å². The lowest BCUT2D eigenvalue weighted by Crippen LogP contribution is -2.31. The standard InChI is InChI=1S/C16H23NO5/c1-3-9-20-11-12-21-10-8-17-16(18)13-22-15-6-4-14(19-2)5-7-15/h3-7H,1,8-13H2,2H3,(H,17,18). The molecule has 6 heteroatoms. The minimum absolute atomic E-state index is 0.0330. The maximum atomic E-state index is 11.6. The minimum Gasteiger partial charge on any atom is -0.497 e. The van der Waals surface area contributed by atoms with Crippen LogP contribution in [0, 0.1) is 0 Å². The summed E-state index contributed by atoms with van der Waals surface area (Å²) in [5, 5.41) is 2.71. The van der Waals surface area contributed by atoms with Crippen molar-refractivity contribution < 1.29 is 23.7 Å². The Morgan fingerprint density at radius 3 is 2.50 bits per heavy atom. The second-order valence-corrected chi connectivity index (χ2v) is 4.29. The smallest absolute Gasteiger partial charge is 0.258 e. The van der Waals surface area contributed by atoms with Crippen LogP contribution < -0.4 is 14.8 Å². The molecule has 1 aromatic rings. The number of carbonyl (C=O) groups is 1. The molecule has 6 nitrogen and oxygen atoms in total. The van der Waals surface area contributed by atoms with Gasteiger partial charge < -0.3 is 24.3 Å². The Balaban J connectivity index is 2.02. The summed E-state index contributed by atoms with van der Waals surface area (Å²) >= 11 is 0. The molecule has 1 aromatic carbocycles. The van der Waals surface area contributed by atoms with Crippen molar-refractivity contribution in [2.24, 2.45) is 0 Å². The van der Waals surface area contributed by atoms with Gasteiger partial charge in [-0.25, -0.2) is 0 Å².